The summed E-state index contributed by atoms with van der Waals surface area (Å²) < 4.78 is 0. The number of rotatable bonds is 2. The Morgan fingerprint density at radius 2 is 1.76 bits per heavy atom. The van der Waals surface area contributed by atoms with Crippen molar-refractivity contribution >= 4 is 11.6 Å². The number of benzene rings is 1. The molecule has 1 aromatic carbocycles. The van der Waals surface area contributed by atoms with Crippen molar-refractivity contribution in [3.8, 4) is 0 Å². The Bertz CT molecular complexity index is 453. The van der Waals surface area contributed by atoms with Gasteiger partial charge in [-0.3, -0.25) is 4.98 Å². The quantitative estimate of drug-likeness (QED) is 0.883. The van der Waals surface area contributed by atoms with Gasteiger partial charge in [-0.2, -0.15) is 0 Å². The zero-order valence-electron chi connectivity index (χ0n) is 9.94. The Labute approximate surface area is 106 Å². The van der Waals surface area contributed by atoms with Gasteiger partial charge in [-0.05, 0) is 43.2 Å². The van der Waals surface area contributed by atoms with Gasteiger partial charge < -0.3 is 5.73 Å². The Hall–Kier alpha value is -1.38. The number of nitrogens with two attached hydrogens (primary N) is 1. The number of hydrogen-bond acceptors (Lipinski definition) is 2. The minimum Gasteiger partial charge on any atom is -0.317 e. The number of aryl methyl sites for hydroxylation is 1. The van der Waals surface area contributed by atoms with E-state index in [0.29, 0.717) is 5.02 Å². The standard InChI is InChI=1S/C14H15ClN2/c1-10-3-8-13(17-9-10)14(2,16)11-4-6-12(15)7-5-11/h3-9H,16H2,1-2H3. The summed E-state index contributed by atoms with van der Waals surface area (Å²) in [6.07, 6.45) is 1.83. The van der Waals surface area contributed by atoms with E-state index in [-0.39, 0.29) is 0 Å². The average Bonchev–Trinajstić information content (AvgIpc) is 2.30. The SMILES string of the molecule is Cc1ccc(C(C)(N)c2ccc(Cl)cc2)nc1. The summed E-state index contributed by atoms with van der Waals surface area (Å²) in [4.78, 5) is 4.39. The second kappa shape index (κ2) is 4.47. The molecular formula is C14H15ClN2. The van der Waals surface area contributed by atoms with Crippen LogP contribution in [0.25, 0.3) is 0 Å². The third-order valence-corrected chi connectivity index (χ3v) is 3.14. The molecule has 0 radical (unpaired) electrons. The van der Waals surface area contributed by atoms with Crippen molar-refractivity contribution in [3.05, 3.63) is 64.4 Å². The van der Waals surface area contributed by atoms with Crippen LogP contribution in [-0.4, -0.2) is 4.98 Å². The van der Waals surface area contributed by atoms with E-state index in [1.807, 2.05) is 56.4 Å². The van der Waals surface area contributed by atoms with Crippen LogP contribution < -0.4 is 5.73 Å². The van der Waals surface area contributed by atoms with Crippen molar-refractivity contribution in [1.29, 1.82) is 0 Å². The molecule has 0 fully saturated rings. The van der Waals surface area contributed by atoms with Crippen LogP contribution in [0.5, 0.6) is 0 Å². The fraction of sp³-hybridized carbons (Fsp3) is 0.214. The maximum atomic E-state index is 6.35. The highest BCUT2D eigenvalue weighted by molar-refractivity contribution is 6.30. The lowest BCUT2D eigenvalue weighted by molar-refractivity contribution is 0.581. The van der Waals surface area contributed by atoms with E-state index in [2.05, 4.69) is 4.98 Å². The third-order valence-electron chi connectivity index (χ3n) is 2.89. The van der Waals surface area contributed by atoms with Gasteiger partial charge in [0.2, 0.25) is 0 Å². The molecule has 1 heterocycles. The highest BCUT2D eigenvalue weighted by Crippen LogP contribution is 2.26. The van der Waals surface area contributed by atoms with Crippen LogP contribution in [0.2, 0.25) is 5.02 Å². The molecule has 2 rings (SSSR count). The maximum Gasteiger partial charge on any atom is 0.0810 e. The first-order chi connectivity index (χ1) is 8.00. The number of hydrogen-bond donors (Lipinski definition) is 1. The number of pyridine rings is 1. The first-order valence-electron chi connectivity index (χ1n) is 5.48. The van der Waals surface area contributed by atoms with Crippen molar-refractivity contribution in [2.24, 2.45) is 5.73 Å². The van der Waals surface area contributed by atoms with Gasteiger partial charge in [0.15, 0.2) is 0 Å². The molecule has 0 aliphatic heterocycles. The maximum absolute atomic E-state index is 6.35. The van der Waals surface area contributed by atoms with Gasteiger partial charge in [0, 0.05) is 11.2 Å². The Kier molecular flexibility index (Phi) is 3.18. The van der Waals surface area contributed by atoms with Gasteiger partial charge in [-0.1, -0.05) is 29.8 Å². The van der Waals surface area contributed by atoms with E-state index in [9.17, 15) is 0 Å². The zero-order valence-corrected chi connectivity index (χ0v) is 10.7. The molecule has 0 saturated heterocycles. The topological polar surface area (TPSA) is 38.9 Å². The molecule has 2 aromatic rings. The average molecular weight is 247 g/mol. The molecular weight excluding hydrogens is 232 g/mol. The molecule has 0 spiro atoms. The van der Waals surface area contributed by atoms with E-state index in [4.69, 9.17) is 17.3 Å². The van der Waals surface area contributed by atoms with Crippen LogP contribution in [0.4, 0.5) is 0 Å². The second-order valence-corrected chi connectivity index (χ2v) is 4.87. The van der Waals surface area contributed by atoms with E-state index >= 15 is 0 Å². The molecule has 1 unspecified atom stereocenters. The zero-order chi connectivity index (χ0) is 12.5. The third kappa shape index (κ3) is 2.48. The first kappa shape index (κ1) is 12.1. The summed E-state index contributed by atoms with van der Waals surface area (Å²) in [5, 5.41) is 0.710. The molecule has 1 aromatic heterocycles. The lowest BCUT2D eigenvalue weighted by Crippen LogP contribution is -2.35. The molecule has 0 bridgehead atoms. The van der Waals surface area contributed by atoms with Crippen LogP contribution >= 0.6 is 11.6 Å². The lowest BCUT2D eigenvalue weighted by Gasteiger charge is -2.24. The van der Waals surface area contributed by atoms with Crippen LogP contribution in [0, 0.1) is 6.92 Å². The Balaban J connectivity index is 2.41. The normalized spacial score (nSPS) is 14.4. The largest absolute Gasteiger partial charge is 0.317 e. The highest BCUT2D eigenvalue weighted by Gasteiger charge is 2.24. The van der Waals surface area contributed by atoms with Gasteiger partial charge in [0.1, 0.15) is 0 Å². The fourth-order valence-electron chi connectivity index (χ4n) is 1.72. The van der Waals surface area contributed by atoms with Crippen molar-refractivity contribution in [2.45, 2.75) is 19.4 Å². The van der Waals surface area contributed by atoms with Gasteiger partial charge in [-0.25, -0.2) is 0 Å². The van der Waals surface area contributed by atoms with Crippen LogP contribution in [0.15, 0.2) is 42.6 Å². The Morgan fingerprint density at radius 3 is 2.29 bits per heavy atom. The van der Waals surface area contributed by atoms with Crippen LogP contribution in [0.3, 0.4) is 0 Å². The predicted molar refractivity (Wildman–Crippen MR) is 71.1 cm³/mol. The van der Waals surface area contributed by atoms with Gasteiger partial charge >= 0.3 is 0 Å². The Morgan fingerprint density at radius 1 is 1.12 bits per heavy atom. The molecule has 88 valence electrons. The molecule has 0 saturated carbocycles. The molecule has 1 atom stereocenters. The summed E-state index contributed by atoms with van der Waals surface area (Å²) in [7, 11) is 0. The highest BCUT2D eigenvalue weighted by atomic mass is 35.5. The molecule has 0 amide bonds. The van der Waals surface area contributed by atoms with E-state index in [1.165, 1.54) is 0 Å². The summed E-state index contributed by atoms with van der Waals surface area (Å²) in [6.45, 7) is 3.96. The molecule has 2 nitrogen and oxygen atoms in total. The number of halogens is 1. The van der Waals surface area contributed by atoms with E-state index < -0.39 is 5.54 Å². The molecule has 0 aliphatic rings. The monoisotopic (exact) mass is 246 g/mol. The molecule has 2 N–H and O–H groups in total. The fourth-order valence-corrected chi connectivity index (χ4v) is 1.84. The van der Waals surface area contributed by atoms with Crippen molar-refractivity contribution in [2.75, 3.05) is 0 Å². The first-order valence-corrected chi connectivity index (χ1v) is 5.86. The molecule has 3 heteroatoms. The summed E-state index contributed by atoms with van der Waals surface area (Å²) in [6, 6.07) is 11.5. The smallest absolute Gasteiger partial charge is 0.0810 e. The summed E-state index contributed by atoms with van der Waals surface area (Å²) in [5.41, 5.74) is 8.73. The van der Waals surface area contributed by atoms with E-state index in [0.717, 1.165) is 16.8 Å². The van der Waals surface area contributed by atoms with Crippen molar-refractivity contribution in [3.63, 3.8) is 0 Å². The van der Waals surface area contributed by atoms with Crippen LogP contribution in [-0.2, 0) is 5.54 Å². The summed E-state index contributed by atoms with van der Waals surface area (Å²) >= 11 is 5.87. The number of aromatic nitrogens is 1. The minimum atomic E-state index is -0.599. The predicted octanol–water partition coefficient (Wildman–Crippen LogP) is 3.27. The van der Waals surface area contributed by atoms with Crippen molar-refractivity contribution < 1.29 is 0 Å². The minimum absolute atomic E-state index is 0.599. The van der Waals surface area contributed by atoms with Gasteiger partial charge in [-0.15, -0.1) is 0 Å². The van der Waals surface area contributed by atoms with Crippen molar-refractivity contribution in [1.82, 2.24) is 4.98 Å². The molecule has 17 heavy (non-hydrogen) atoms. The van der Waals surface area contributed by atoms with Gasteiger partial charge in [0.25, 0.3) is 0 Å². The summed E-state index contributed by atoms with van der Waals surface area (Å²) in [5.74, 6) is 0. The lowest BCUT2D eigenvalue weighted by atomic mass is 9.89. The van der Waals surface area contributed by atoms with Gasteiger partial charge in [0.05, 0.1) is 11.2 Å². The van der Waals surface area contributed by atoms with Crippen LogP contribution in [0.1, 0.15) is 23.7 Å². The van der Waals surface area contributed by atoms with E-state index in [1.54, 1.807) is 0 Å². The number of nitrogens with zero attached hydrogens (tertiary/aromatic N) is 1. The second-order valence-electron chi connectivity index (χ2n) is 4.43. The molecule has 0 aliphatic carbocycles.